The number of benzene rings is 2. The summed E-state index contributed by atoms with van der Waals surface area (Å²) in [6.07, 6.45) is 0.336. The van der Waals surface area contributed by atoms with E-state index in [0.717, 1.165) is 11.6 Å². The van der Waals surface area contributed by atoms with Crippen LogP contribution in [-0.4, -0.2) is 0 Å². The number of hydrogen-bond acceptors (Lipinski definition) is 0. The number of halogens is 5. The molecular weight excluding hydrogens is 324 g/mol. The first kappa shape index (κ1) is 14.1. The van der Waals surface area contributed by atoms with Crippen molar-refractivity contribution in [1.29, 1.82) is 0 Å². The van der Waals surface area contributed by atoms with Crippen LogP contribution >= 0.6 is 15.9 Å². The van der Waals surface area contributed by atoms with E-state index in [1.54, 1.807) is 12.1 Å². The van der Waals surface area contributed by atoms with Crippen molar-refractivity contribution in [3.8, 4) is 0 Å². The zero-order chi connectivity index (χ0) is 14.0. The van der Waals surface area contributed by atoms with Gasteiger partial charge in [-0.05, 0) is 30.2 Å². The third kappa shape index (κ3) is 3.35. The predicted molar refractivity (Wildman–Crippen MR) is 68.1 cm³/mol. The van der Waals surface area contributed by atoms with Gasteiger partial charge in [0.25, 0.3) is 0 Å². The van der Waals surface area contributed by atoms with Gasteiger partial charge in [0, 0.05) is 16.5 Å². The van der Waals surface area contributed by atoms with Gasteiger partial charge < -0.3 is 0 Å². The van der Waals surface area contributed by atoms with Crippen molar-refractivity contribution in [1.82, 2.24) is 0 Å². The summed E-state index contributed by atoms with van der Waals surface area (Å²) in [5.74, 6) is -3.50. The molecule has 0 bridgehead atoms. The third-order valence-electron chi connectivity index (χ3n) is 2.71. The van der Waals surface area contributed by atoms with E-state index in [1.165, 1.54) is 12.1 Å². The van der Waals surface area contributed by atoms with Crippen molar-refractivity contribution < 1.29 is 17.6 Å². The molecule has 0 saturated heterocycles. The van der Waals surface area contributed by atoms with Crippen LogP contribution in [0.15, 0.2) is 36.4 Å². The molecule has 1 unspecified atom stereocenters. The molecular formula is C14H9BrF4. The average Bonchev–Trinajstić information content (AvgIpc) is 2.36. The Kier molecular flexibility index (Phi) is 4.24. The molecule has 0 aromatic heterocycles. The molecule has 0 saturated carbocycles. The van der Waals surface area contributed by atoms with E-state index in [9.17, 15) is 17.6 Å². The van der Waals surface area contributed by atoms with Gasteiger partial charge in [-0.3, -0.25) is 0 Å². The summed E-state index contributed by atoms with van der Waals surface area (Å²) in [5, 5.41) is 0. The van der Waals surface area contributed by atoms with E-state index >= 15 is 0 Å². The van der Waals surface area contributed by atoms with Crippen molar-refractivity contribution >= 4 is 15.9 Å². The van der Waals surface area contributed by atoms with Gasteiger partial charge in [0.05, 0.1) is 0 Å². The maximum Gasteiger partial charge on any atom is 0.161 e. The number of hydrogen-bond donors (Lipinski definition) is 0. The summed E-state index contributed by atoms with van der Waals surface area (Å²) in [6, 6.07) is 7.03. The molecule has 19 heavy (non-hydrogen) atoms. The van der Waals surface area contributed by atoms with Crippen LogP contribution in [0.4, 0.5) is 17.6 Å². The maximum absolute atomic E-state index is 13.6. The van der Waals surface area contributed by atoms with Crippen molar-refractivity contribution in [2.24, 2.45) is 0 Å². The van der Waals surface area contributed by atoms with Gasteiger partial charge >= 0.3 is 0 Å². The summed E-state index contributed by atoms with van der Waals surface area (Å²) in [6.45, 7) is 0. The van der Waals surface area contributed by atoms with E-state index in [0.29, 0.717) is 12.5 Å². The lowest BCUT2D eigenvalue weighted by Crippen LogP contribution is -2.01. The molecule has 0 spiro atoms. The summed E-state index contributed by atoms with van der Waals surface area (Å²) in [4.78, 5) is -0.520. The van der Waals surface area contributed by atoms with Crippen LogP contribution in [0, 0.1) is 23.3 Å². The molecule has 2 aromatic carbocycles. The largest absolute Gasteiger partial charge is 0.207 e. The Hall–Kier alpha value is -1.36. The van der Waals surface area contributed by atoms with Crippen molar-refractivity contribution in [2.45, 2.75) is 11.2 Å². The minimum absolute atomic E-state index is 0.0308. The second kappa shape index (κ2) is 5.74. The fourth-order valence-electron chi connectivity index (χ4n) is 1.72. The van der Waals surface area contributed by atoms with Gasteiger partial charge in [-0.15, -0.1) is 0 Å². The Morgan fingerprint density at radius 1 is 0.842 bits per heavy atom. The molecule has 0 radical (unpaired) electrons. The zero-order valence-electron chi connectivity index (χ0n) is 9.64. The molecule has 1 atom stereocenters. The maximum atomic E-state index is 13.6. The highest BCUT2D eigenvalue weighted by molar-refractivity contribution is 9.09. The Bertz CT molecular complexity index is 581. The minimum Gasteiger partial charge on any atom is -0.207 e. The number of rotatable bonds is 3. The van der Waals surface area contributed by atoms with E-state index < -0.39 is 22.3 Å². The minimum atomic E-state index is -1.22. The van der Waals surface area contributed by atoms with Crippen LogP contribution in [-0.2, 0) is 6.42 Å². The lowest BCUT2D eigenvalue weighted by molar-refractivity contribution is 0.489. The van der Waals surface area contributed by atoms with E-state index in [4.69, 9.17) is 0 Å². The summed E-state index contributed by atoms with van der Waals surface area (Å²) >= 11 is 3.23. The molecule has 0 heterocycles. The summed E-state index contributed by atoms with van der Waals surface area (Å²) in [7, 11) is 0. The van der Waals surface area contributed by atoms with E-state index in [1.807, 2.05) is 0 Å². The van der Waals surface area contributed by atoms with Crippen LogP contribution in [0.1, 0.15) is 16.0 Å². The van der Waals surface area contributed by atoms with Gasteiger partial charge in [-0.1, -0.05) is 28.1 Å². The smallest absolute Gasteiger partial charge is 0.161 e. The van der Waals surface area contributed by atoms with Crippen LogP contribution in [0.5, 0.6) is 0 Å². The highest BCUT2D eigenvalue weighted by Gasteiger charge is 2.17. The van der Waals surface area contributed by atoms with Gasteiger partial charge in [0.15, 0.2) is 11.6 Å². The highest BCUT2D eigenvalue weighted by atomic mass is 79.9. The zero-order valence-corrected chi connectivity index (χ0v) is 11.2. The summed E-state index contributed by atoms with van der Waals surface area (Å²) < 4.78 is 52.2. The lowest BCUT2D eigenvalue weighted by Gasteiger charge is -2.12. The molecule has 0 fully saturated rings. The average molecular weight is 333 g/mol. The molecule has 5 heteroatoms. The Balaban J connectivity index is 2.22. The molecule has 0 amide bonds. The Labute approximate surface area is 116 Å². The topological polar surface area (TPSA) is 0 Å². The third-order valence-corrected chi connectivity index (χ3v) is 3.52. The van der Waals surface area contributed by atoms with Gasteiger partial charge in [0.1, 0.15) is 11.6 Å². The Morgan fingerprint density at radius 2 is 1.42 bits per heavy atom. The van der Waals surface area contributed by atoms with E-state index in [2.05, 4.69) is 15.9 Å². The lowest BCUT2D eigenvalue weighted by atomic mass is 10.0. The normalized spacial score (nSPS) is 12.5. The van der Waals surface area contributed by atoms with Crippen molar-refractivity contribution in [3.63, 3.8) is 0 Å². The van der Waals surface area contributed by atoms with Crippen molar-refractivity contribution in [3.05, 3.63) is 70.8 Å². The van der Waals surface area contributed by atoms with Crippen LogP contribution in [0.2, 0.25) is 0 Å². The fraction of sp³-hybridized carbons (Fsp3) is 0.143. The summed E-state index contributed by atoms with van der Waals surface area (Å²) in [5.41, 5.74) is 0.788. The molecule has 0 N–H and O–H groups in total. The van der Waals surface area contributed by atoms with E-state index in [-0.39, 0.29) is 11.4 Å². The molecule has 100 valence electrons. The fourth-order valence-corrected chi connectivity index (χ4v) is 2.44. The molecule has 0 nitrogen and oxygen atoms in total. The number of alkyl halides is 1. The SMILES string of the molecule is Fc1ccc(CC(Br)c2cc(F)c(F)cc2F)cc1. The first-order valence-corrected chi connectivity index (χ1v) is 6.42. The van der Waals surface area contributed by atoms with Crippen molar-refractivity contribution in [2.75, 3.05) is 0 Å². The predicted octanol–water partition coefficient (Wildman–Crippen LogP) is 4.92. The van der Waals surface area contributed by atoms with Gasteiger partial charge in [-0.2, -0.15) is 0 Å². The second-order valence-corrected chi connectivity index (χ2v) is 5.19. The molecule has 0 aliphatic carbocycles. The monoisotopic (exact) mass is 332 g/mol. The van der Waals surface area contributed by atoms with Crippen LogP contribution in [0.25, 0.3) is 0 Å². The first-order chi connectivity index (χ1) is 8.97. The second-order valence-electron chi connectivity index (χ2n) is 4.09. The molecule has 0 aliphatic heterocycles. The Morgan fingerprint density at radius 3 is 2.05 bits per heavy atom. The van der Waals surface area contributed by atoms with Crippen LogP contribution in [0.3, 0.4) is 0 Å². The first-order valence-electron chi connectivity index (χ1n) is 5.50. The molecule has 2 aromatic rings. The standard InChI is InChI=1S/C14H9BrF4/c15-11(5-8-1-3-9(16)4-2-8)10-6-13(18)14(19)7-12(10)17/h1-4,6-7,11H,5H2. The highest BCUT2D eigenvalue weighted by Crippen LogP contribution is 2.30. The van der Waals surface area contributed by atoms with Gasteiger partial charge in [-0.25, -0.2) is 17.6 Å². The van der Waals surface area contributed by atoms with Gasteiger partial charge in [0.2, 0.25) is 0 Å². The molecule has 0 aliphatic rings. The molecule has 2 rings (SSSR count). The van der Waals surface area contributed by atoms with Crippen LogP contribution < -0.4 is 0 Å². The quantitative estimate of drug-likeness (QED) is 0.425.